The highest BCUT2D eigenvalue weighted by Gasteiger charge is 2.25. The van der Waals surface area contributed by atoms with Crippen LogP contribution in [0.2, 0.25) is 0 Å². The highest BCUT2D eigenvalue weighted by atomic mass is 127. The molecule has 1 aromatic rings. The van der Waals surface area contributed by atoms with E-state index >= 15 is 0 Å². The number of aryl methyl sites for hydroxylation is 1. The summed E-state index contributed by atoms with van der Waals surface area (Å²) in [5.74, 6) is 2.38. The van der Waals surface area contributed by atoms with Crippen molar-refractivity contribution in [2.75, 3.05) is 53.6 Å². The van der Waals surface area contributed by atoms with E-state index in [1.54, 1.807) is 7.11 Å². The summed E-state index contributed by atoms with van der Waals surface area (Å²) >= 11 is 0. The van der Waals surface area contributed by atoms with Gasteiger partial charge in [0.1, 0.15) is 11.9 Å². The van der Waals surface area contributed by atoms with Gasteiger partial charge in [0.25, 0.3) is 0 Å². The SMILES string of the molecule is CN=C(NCC(C)Oc1ccc(C)cc1)N1CCC(COCCOC)C1.I. The van der Waals surface area contributed by atoms with Crippen molar-refractivity contribution in [2.24, 2.45) is 10.9 Å². The van der Waals surface area contributed by atoms with Gasteiger partial charge in [-0.05, 0) is 32.4 Å². The molecule has 0 spiro atoms. The first-order chi connectivity index (χ1) is 12.6. The van der Waals surface area contributed by atoms with Crippen molar-refractivity contribution >= 4 is 29.9 Å². The van der Waals surface area contributed by atoms with Gasteiger partial charge in [-0.2, -0.15) is 0 Å². The predicted molar refractivity (Wildman–Crippen MR) is 120 cm³/mol. The lowest BCUT2D eigenvalue weighted by Gasteiger charge is -2.23. The summed E-state index contributed by atoms with van der Waals surface area (Å²) in [6.07, 6.45) is 1.19. The van der Waals surface area contributed by atoms with E-state index in [0.717, 1.165) is 37.8 Å². The summed E-state index contributed by atoms with van der Waals surface area (Å²) in [6.45, 7) is 8.93. The van der Waals surface area contributed by atoms with Crippen LogP contribution >= 0.6 is 24.0 Å². The Morgan fingerprint density at radius 2 is 2.04 bits per heavy atom. The van der Waals surface area contributed by atoms with Crippen LogP contribution < -0.4 is 10.1 Å². The number of nitrogens with zero attached hydrogens (tertiary/aromatic N) is 2. The smallest absolute Gasteiger partial charge is 0.193 e. The second kappa shape index (κ2) is 13.2. The summed E-state index contributed by atoms with van der Waals surface area (Å²) in [4.78, 5) is 6.71. The summed E-state index contributed by atoms with van der Waals surface area (Å²) < 4.78 is 16.6. The Bertz CT molecular complexity index is 554. The Hall–Kier alpha value is -1.06. The molecule has 27 heavy (non-hydrogen) atoms. The molecule has 2 unspecified atom stereocenters. The Morgan fingerprint density at radius 3 is 2.70 bits per heavy atom. The number of benzene rings is 1. The van der Waals surface area contributed by atoms with Gasteiger partial charge in [-0.1, -0.05) is 17.7 Å². The fourth-order valence-electron chi connectivity index (χ4n) is 3.01. The van der Waals surface area contributed by atoms with Gasteiger partial charge in [0, 0.05) is 33.2 Å². The van der Waals surface area contributed by atoms with Gasteiger partial charge in [-0.25, -0.2) is 0 Å². The molecule has 2 rings (SSSR count). The van der Waals surface area contributed by atoms with Gasteiger partial charge < -0.3 is 24.4 Å². The maximum absolute atomic E-state index is 5.96. The molecule has 0 aliphatic carbocycles. The Labute approximate surface area is 180 Å². The molecule has 1 aliphatic rings. The zero-order valence-corrected chi connectivity index (χ0v) is 19.3. The number of nitrogens with one attached hydrogen (secondary N) is 1. The molecule has 0 radical (unpaired) electrons. The lowest BCUT2D eigenvalue weighted by Crippen LogP contribution is -2.43. The van der Waals surface area contributed by atoms with Crippen LogP contribution in [-0.4, -0.2) is 70.6 Å². The van der Waals surface area contributed by atoms with Gasteiger partial charge in [-0.3, -0.25) is 4.99 Å². The number of guanidine groups is 1. The molecule has 0 amide bonds. The minimum atomic E-state index is 0. The Kier molecular flexibility index (Phi) is 11.7. The largest absolute Gasteiger partial charge is 0.489 e. The maximum Gasteiger partial charge on any atom is 0.193 e. The fourth-order valence-corrected chi connectivity index (χ4v) is 3.01. The summed E-state index contributed by atoms with van der Waals surface area (Å²) in [7, 11) is 3.52. The molecule has 1 aliphatic heterocycles. The van der Waals surface area contributed by atoms with Gasteiger partial charge in [0.2, 0.25) is 0 Å². The molecule has 1 heterocycles. The van der Waals surface area contributed by atoms with Crippen LogP contribution in [0.3, 0.4) is 0 Å². The van der Waals surface area contributed by atoms with E-state index < -0.39 is 0 Å². The molecular formula is C20H34IN3O3. The molecular weight excluding hydrogens is 457 g/mol. The zero-order valence-electron chi connectivity index (χ0n) is 16.9. The van der Waals surface area contributed by atoms with Crippen molar-refractivity contribution < 1.29 is 14.2 Å². The highest BCUT2D eigenvalue weighted by Crippen LogP contribution is 2.17. The summed E-state index contributed by atoms with van der Waals surface area (Å²) in [6, 6.07) is 8.14. The fraction of sp³-hybridized carbons (Fsp3) is 0.650. The minimum Gasteiger partial charge on any atom is -0.489 e. The average Bonchev–Trinajstić information content (AvgIpc) is 3.10. The Balaban J connectivity index is 0.00000364. The molecule has 6 nitrogen and oxygen atoms in total. The number of methoxy groups -OCH3 is 1. The van der Waals surface area contributed by atoms with E-state index in [4.69, 9.17) is 14.2 Å². The van der Waals surface area contributed by atoms with Crippen molar-refractivity contribution in [3.05, 3.63) is 29.8 Å². The van der Waals surface area contributed by atoms with E-state index in [0.29, 0.717) is 25.7 Å². The minimum absolute atomic E-state index is 0. The number of ether oxygens (including phenoxy) is 3. The second-order valence-electron chi connectivity index (χ2n) is 6.84. The van der Waals surface area contributed by atoms with Crippen molar-refractivity contribution in [3.63, 3.8) is 0 Å². The van der Waals surface area contributed by atoms with Crippen molar-refractivity contribution in [1.29, 1.82) is 0 Å². The number of likely N-dealkylation sites (tertiary alicyclic amines) is 1. The first kappa shape index (κ1) is 24.0. The quantitative estimate of drug-likeness (QED) is 0.249. The number of hydrogen-bond donors (Lipinski definition) is 1. The molecule has 1 fully saturated rings. The molecule has 154 valence electrons. The van der Waals surface area contributed by atoms with E-state index in [9.17, 15) is 0 Å². The molecule has 0 saturated carbocycles. The highest BCUT2D eigenvalue weighted by molar-refractivity contribution is 14.0. The van der Waals surface area contributed by atoms with Crippen molar-refractivity contribution in [2.45, 2.75) is 26.4 Å². The van der Waals surface area contributed by atoms with Gasteiger partial charge in [0.15, 0.2) is 5.96 Å². The molecule has 7 heteroatoms. The third-order valence-electron chi connectivity index (χ3n) is 4.49. The maximum atomic E-state index is 5.96. The van der Waals surface area contributed by atoms with E-state index in [1.807, 2.05) is 19.2 Å². The number of hydrogen-bond acceptors (Lipinski definition) is 4. The predicted octanol–water partition coefficient (Wildman–Crippen LogP) is 2.94. The lowest BCUT2D eigenvalue weighted by molar-refractivity contribution is 0.0536. The molecule has 0 bridgehead atoms. The summed E-state index contributed by atoms with van der Waals surface area (Å²) in [5, 5.41) is 3.43. The number of halogens is 1. The van der Waals surface area contributed by atoms with Crippen LogP contribution in [0.25, 0.3) is 0 Å². The molecule has 2 atom stereocenters. The van der Waals surface area contributed by atoms with E-state index in [-0.39, 0.29) is 30.1 Å². The molecule has 0 aromatic heterocycles. The lowest BCUT2D eigenvalue weighted by atomic mass is 10.1. The topological polar surface area (TPSA) is 55.3 Å². The van der Waals surface area contributed by atoms with Crippen LogP contribution in [0.15, 0.2) is 29.3 Å². The Morgan fingerprint density at radius 1 is 1.30 bits per heavy atom. The number of rotatable bonds is 9. The van der Waals surface area contributed by atoms with Crippen LogP contribution in [0.1, 0.15) is 18.9 Å². The first-order valence-corrected chi connectivity index (χ1v) is 9.38. The van der Waals surface area contributed by atoms with Crippen LogP contribution in [-0.2, 0) is 9.47 Å². The van der Waals surface area contributed by atoms with Crippen molar-refractivity contribution in [1.82, 2.24) is 10.2 Å². The van der Waals surface area contributed by atoms with Gasteiger partial charge in [-0.15, -0.1) is 24.0 Å². The second-order valence-corrected chi connectivity index (χ2v) is 6.84. The van der Waals surface area contributed by atoms with E-state index in [1.165, 1.54) is 5.56 Å². The van der Waals surface area contributed by atoms with Gasteiger partial charge >= 0.3 is 0 Å². The molecule has 1 aromatic carbocycles. The van der Waals surface area contributed by atoms with Crippen LogP contribution in [0, 0.1) is 12.8 Å². The summed E-state index contributed by atoms with van der Waals surface area (Å²) in [5.41, 5.74) is 1.23. The normalized spacial score (nSPS) is 18.1. The standard InChI is InChI=1S/C20H33N3O3.HI/c1-16-5-7-19(8-6-16)26-17(2)13-22-20(21-3)23-10-9-18(14-23)15-25-12-11-24-4;/h5-8,17-18H,9-15H2,1-4H3,(H,21,22);1H. The average molecular weight is 491 g/mol. The van der Waals surface area contributed by atoms with Gasteiger partial charge in [0.05, 0.1) is 26.4 Å². The van der Waals surface area contributed by atoms with E-state index in [2.05, 4.69) is 41.2 Å². The molecule has 1 N–H and O–H groups in total. The monoisotopic (exact) mass is 491 g/mol. The van der Waals surface area contributed by atoms with Crippen molar-refractivity contribution in [3.8, 4) is 5.75 Å². The first-order valence-electron chi connectivity index (χ1n) is 9.38. The number of aliphatic imine (C=N–C) groups is 1. The zero-order chi connectivity index (χ0) is 18.8. The van der Waals surface area contributed by atoms with Crippen LogP contribution in [0.4, 0.5) is 0 Å². The molecule has 1 saturated heterocycles. The van der Waals surface area contributed by atoms with Crippen LogP contribution in [0.5, 0.6) is 5.75 Å². The third kappa shape index (κ3) is 8.66. The third-order valence-corrected chi connectivity index (χ3v) is 4.49.